The number of carbonyl (C=O) groups is 2. The van der Waals surface area contributed by atoms with Crippen LogP contribution in [0.25, 0.3) is 0 Å². The van der Waals surface area contributed by atoms with Crippen LogP contribution >= 0.6 is 11.6 Å². The average Bonchev–Trinajstić information content (AvgIpc) is 2.55. The molecule has 2 amide bonds. The Hall–Kier alpha value is -1.95. The van der Waals surface area contributed by atoms with Gasteiger partial charge in [-0.25, -0.2) is 0 Å². The van der Waals surface area contributed by atoms with Gasteiger partial charge in [0.05, 0.1) is 7.11 Å². The molecule has 0 aliphatic heterocycles. The number of para-hydroxylation sites is 2. The zero-order valence-corrected chi connectivity index (χ0v) is 13.3. The molecular formula is C15H21ClN2O4. The van der Waals surface area contributed by atoms with Crippen molar-refractivity contribution in [1.82, 2.24) is 10.6 Å². The SMILES string of the molecule is COc1ccccc1OCC(=O)NCCNC(=O)CCCCl. The van der Waals surface area contributed by atoms with Crippen LogP contribution < -0.4 is 20.1 Å². The fourth-order valence-corrected chi connectivity index (χ4v) is 1.79. The van der Waals surface area contributed by atoms with Gasteiger partial charge in [0, 0.05) is 25.4 Å². The highest BCUT2D eigenvalue weighted by Gasteiger charge is 2.06. The second-order valence-corrected chi connectivity index (χ2v) is 4.81. The minimum absolute atomic E-state index is 0.0693. The molecule has 6 nitrogen and oxygen atoms in total. The molecule has 0 bridgehead atoms. The maximum atomic E-state index is 11.6. The lowest BCUT2D eigenvalue weighted by atomic mass is 10.3. The number of alkyl halides is 1. The maximum absolute atomic E-state index is 11.6. The zero-order chi connectivity index (χ0) is 16.2. The molecule has 0 radical (unpaired) electrons. The molecule has 1 rings (SSSR count). The number of hydrogen-bond donors (Lipinski definition) is 2. The predicted octanol–water partition coefficient (Wildman–Crippen LogP) is 1.33. The van der Waals surface area contributed by atoms with E-state index in [0.717, 1.165) is 0 Å². The number of rotatable bonds is 10. The maximum Gasteiger partial charge on any atom is 0.258 e. The normalized spacial score (nSPS) is 9.91. The van der Waals surface area contributed by atoms with E-state index < -0.39 is 0 Å². The third-order valence-corrected chi connectivity index (χ3v) is 3.00. The third kappa shape index (κ3) is 7.17. The van der Waals surface area contributed by atoms with Crippen LogP contribution in [-0.2, 0) is 9.59 Å². The fourth-order valence-electron chi connectivity index (χ4n) is 1.65. The van der Waals surface area contributed by atoms with Gasteiger partial charge in [0.1, 0.15) is 0 Å². The molecule has 0 saturated carbocycles. The summed E-state index contributed by atoms with van der Waals surface area (Å²) in [5.74, 6) is 1.21. The minimum Gasteiger partial charge on any atom is -0.493 e. The van der Waals surface area contributed by atoms with Crippen molar-refractivity contribution in [1.29, 1.82) is 0 Å². The molecule has 2 N–H and O–H groups in total. The van der Waals surface area contributed by atoms with E-state index in [4.69, 9.17) is 21.1 Å². The van der Waals surface area contributed by atoms with Crippen LogP contribution in [0.1, 0.15) is 12.8 Å². The standard InChI is InChI=1S/C15H21ClN2O4/c1-21-12-5-2-3-6-13(12)22-11-15(20)18-10-9-17-14(19)7-4-8-16/h2-3,5-6H,4,7-11H2,1H3,(H,17,19)(H,18,20). The third-order valence-electron chi connectivity index (χ3n) is 2.73. The van der Waals surface area contributed by atoms with Gasteiger partial charge in [-0.05, 0) is 18.6 Å². The molecule has 1 aromatic carbocycles. The molecule has 22 heavy (non-hydrogen) atoms. The van der Waals surface area contributed by atoms with Crippen molar-refractivity contribution in [3.05, 3.63) is 24.3 Å². The molecule has 0 saturated heterocycles. The molecule has 0 fully saturated rings. The summed E-state index contributed by atoms with van der Waals surface area (Å²) in [5, 5.41) is 5.35. The Labute approximate surface area is 135 Å². The number of methoxy groups -OCH3 is 1. The Kier molecular flexibility index (Phi) is 8.83. The van der Waals surface area contributed by atoms with E-state index >= 15 is 0 Å². The summed E-state index contributed by atoms with van der Waals surface area (Å²) < 4.78 is 10.5. The van der Waals surface area contributed by atoms with Crippen LogP contribution in [0.4, 0.5) is 0 Å². The summed E-state index contributed by atoms with van der Waals surface area (Å²) in [4.78, 5) is 22.9. The predicted molar refractivity (Wildman–Crippen MR) is 84.5 cm³/mol. The van der Waals surface area contributed by atoms with Crippen LogP contribution in [0.2, 0.25) is 0 Å². The van der Waals surface area contributed by atoms with E-state index in [9.17, 15) is 9.59 Å². The van der Waals surface area contributed by atoms with Crippen LogP contribution in [0.3, 0.4) is 0 Å². The van der Waals surface area contributed by atoms with Gasteiger partial charge < -0.3 is 20.1 Å². The summed E-state index contributed by atoms with van der Waals surface area (Å²) >= 11 is 5.50. The number of halogens is 1. The topological polar surface area (TPSA) is 76.7 Å². The van der Waals surface area contributed by atoms with Crippen LogP contribution in [0.5, 0.6) is 11.5 Å². The molecule has 0 aliphatic rings. The number of nitrogens with one attached hydrogen (secondary N) is 2. The van der Waals surface area contributed by atoms with E-state index in [1.54, 1.807) is 18.2 Å². The van der Waals surface area contributed by atoms with Crippen molar-refractivity contribution in [3.8, 4) is 11.5 Å². The highest BCUT2D eigenvalue weighted by atomic mass is 35.5. The Bertz CT molecular complexity index is 482. The molecule has 0 atom stereocenters. The second-order valence-electron chi connectivity index (χ2n) is 4.43. The molecule has 1 aromatic rings. The first kappa shape index (κ1) is 18.1. The van der Waals surface area contributed by atoms with Gasteiger partial charge >= 0.3 is 0 Å². The van der Waals surface area contributed by atoms with Crippen molar-refractivity contribution in [2.75, 3.05) is 32.7 Å². The van der Waals surface area contributed by atoms with Crippen LogP contribution in [-0.4, -0.2) is 44.5 Å². The van der Waals surface area contributed by atoms with Crippen molar-refractivity contribution in [3.63, 3.8) is 0 Å². The van der Waals surface area contributed by atoms with Gasteiger partial charge in [-0.3, -0.25) is 9.59 Å². The molecular weight excluding hydrogens is 308 g/mol. The quantitative estimate of drug-likeness (QED) is 0.502. The number of hydrogen-bond acceptors (Lipinski definition) is 4. The second kappa shape index (κ2) is 10.7. The first-order chi connectivity index (χ1) is 10.7. The van der Waals surface area contributed by atoms with E-state index in [-0.39, 0.29) is 18.4 Å². The lowest BCUT2D eigenvalue weighted by Crippen LogP contribution is -2.36. The van der Waals surface area contributed by atoms with Gasteiger partial charge in [-0.1, -0.05) is 12.1 Å². The first-order valence-corrected chi connectivity index (χ1v) is 7.56. The monoisotopic (exact) mass is 328 g/mol. The average molecular weight is 329 g/mol. The fraction of sp³-hybridized carbons (Fsp3) is 0.467. The lowest BCUT2D eigenvalue weighted by Gasteiger charge is -2.10. The van der Waals surface area contributed by atoms with E-state index in [0.29, 0.717) is 43.3 Å². The smallest absolute Gasteiger partial charge is 0.258 e. The summed E-state index contributed by atoms with van der Waals surface area (Å²) in [6.07, 6.45) is 1.04. The lowest BCUT2D eigenvalue weighted by molar-refractivity contribution is -0.124. The van der Waals surface area contributed by atoms with Gasteiger partial charge in [-0.15, -0.1) is 11.6 Å². The molecule has 0 heterocycles. The Morgan fingerprint density at radius 3 is 2.36 bits per heavy atom. The van der Waals surface area contributed by atoms with Gasteiger partial charge in [0.2, 0.25) is 5.91 Å². The number of ether oxygens (including phenoxy) is 2. The number of benzene rings is 1. The summed E-state index contributed by atoms with van der Waals surface area (Å²) in [6, 6.07) is 7.09. The summed E-state index contributed by atoms with van der Waals surface area (Å²) in [5.41, 5.74) is 0. The number of amides is 2. The van der Waals surface area contributed by atoms with E-state index in [1.807, 2.05) is 6.07 Å². The highest BCUT2D eigenvalue weighted by Crippen LogP contribution is 2.25. The van der Waals surface area contributed by atoms with Crippen molar-refractivity contribution in [2.24, 2.45) is 0 Å². The van der Waals surface area contributed by atoms with Crippen molar-refractivity contribution >= 4 is 23.4 Å². The van der Waals surface area contributed by atoms with Crippen molar-refractivity contribution < 1.29 is 19.1 Å². The largest absolute Gasteiger partial charge is 0.493 e. The molecule has 0 aliphatic carbocycles. The molecule has 0 aromatic heterocycles. The van der Waals surface area contributed by atoms with Crippen molar-refractivity contribution in [2.45, 2.75) is 12.8 Å². The highest BCUT2D eigenvalue weighted by molar-refractivity contribution is 6.17. The Morgan fingerprint density at radius 1 is 1.09 bits per heavy atom. The van der Waals surface area contributed by atoms with Gasteiger partial charge in [0.25, 0.3) is 5.91 Å². The molecule has 7 heteroatoms. The first-order valence-electron chi connectivity index (χ1n) is 7.02. The minimum atomic E-state index is -0.263. The molecule has 0 unspecified atom stereocenters. The van der Waals surface area contributed by atoms with E-state index in [2.05, 4.69) is 10.6 Å². The van der Waals surface area contributed by atoms with Gasteiger partial charge in [0.15, 0.2) is 18.1 Å². The van der Waals surface area contributed by atoms with E-state index in [1.165, 1.54) is 7.11 Å². The van der Waals surface area contributed by atoms with Crippen LogP contribution in [0, 0.1) is 0 Å². The number of carbonyl (C=O) groups excluding carboxylic acids is 2. The zero-order valence-electron chi connectivity index (χ0n) is 12.6. The van der Waals surface area contributed by atoms with Gasteiger partial charge in [-0.2, -0.15) is 0 Å². The summed E-state index contributed by atoms with van der Waals surface area (Å²) in [6.45, 7) is 0.614. The summed E-state index contributed by atoms with van der Waals surface area (Å²) in [7, 11) is 1.54. The Morgan fingerprint density at radius 2 is 1.73 bits per heavy atom. The molecule has 122 valence electrons. The Balaban J connectivity index is 2.17. The molecule has 0 spiro atoms. The van der Waals surface area contributed by atoms with Crippen LogP contribution in [0.15, 0.2) is 24.3 Å².